The van der Waals surface area contributed by atoms with Crippen molar-refractivity contribution in [2.75, 3.05) is 11.9 Å². The van der Waals surface area contributed by atoms with Gasteiger partial charge in [-0.25, -0.2) is 4.98 Å². The SMILES string of the molecule is CCC1(CNc2nc[nH]c(=O)c2Br)CCC1. The molecule has 1 aliphatic rings. The highest BCUT2D eigenvalue weighted by Crippen LogP contribution is 2.43. The second kappa shape index (κ2) is 4.57. The van der Waals surface area contributed by atoms with Crippen molar-refractivity contribution < 1.29 is 0 Å². The normalized spacial score (nSPS) is 17.9. The molecular formula is C11H16BrN3O. The summed E-state index contributed by atoms with van der Waals surface area (Å²) < 4.78 is 0.487. The molecule has 5 heteroatoms. The minimum absolute atomic E-state index is 0.142. The molecule has 2 N–H and O–H groups in total. The van der Waals surface area contributed by atoms with Gasteiger partial charge in [0.05, 0.1) is 6.33 Å². The average molecular weight is 286 g/mol. The van der Waals surface area contributed by atoms with E-state index in [4.69, 9.17) is 0 Å². The number of rotatable bonds is 4. The number of nitrogens with zero attached hydrogens (tertiary/aromatic N) is 1. The first-order valence-corrected chi connectivity index (χ1v) is 6.43. The molecule has 0 unspecified atom stereocenters. The molecule has 0 aromatic carbocycles. The van der Waals surface area contributed by atoms with Gasteiger partial charge in [-0.15, -0.1) is 0 Å². The molecule has 88 valence electrons. The number of nitrogens with one attached hydrogen (secondary N) is 2. The summed E-state index contributed by atoms with van der Waals surface area (Å²) in [6.45, 7) is 3.12. The Hall–Kier alpha value is -0.840. The second-order valence-electron chi connectivity index (χ2n) is 4.45. The maximum atomic E-state index is 11.3. The minimum Gasteiger partial charge on any atom is -0.368 e. The van der Waals surface area contributed by atoms with E-state index in [1.54, 1.807) is 0 Å². The van der Waals surface area contributed by atoms with Crippen molar-refractivity contribution in [2.24, 2.45) is 5.41 Å². The first-order valence-electron chi connectivity index (χ1n) is 5.64. The predicted octanol–water partition coefficient (Wildman–Crippen LogP) is 2.52. The van der Waals surface area contributed by atoms with Gasteiger partial charge in [0.15, 0.2) is 0 Å². The smallest absolute Gasteiger partial charge is 0.267 e. The molecule has 0 spiro atoms. The Labute approximate surface area is 103 Å². The molecule has 0 aliphatic heterocycles. The lowest BCUT2D eigenvalue weighted by atomic mass is 9.67. The third-order valence-electron chi connectivity index (χ3n) is 3.59. The van der Waals surface area contributed by atoms with E-state index in [1.807, 2.05) is 0 Å². The first kappa shape index (κ1) is 11.6. The summed E-state index contributed by atoms with van der Waals surface area (Å²) >= 11 is 3.24. The maximum absolute atomic E-state index is 11.3. The Kier molecular flexibility index (Phi) is 3.33. The molecule has 2 rings (SSSR count). The number of hydrogen-bond donors (Lipinski definition) is 2. The van der Waals surface area contributed by atoms with E-state index in [2.05, 4.69) is 38.1 Å². The van der Waals surface area contributed by atoms with E-state index in [1.165, 1.54) is 32.0 Å². The van der Waals surface area contributed by atoms with Crippen LogP contribution < -0.4 is 10.9 Å². The van der Waals surface area contributed by atoms with Crippen molar-refractivity contribution in [1.29, 1.82) is 0 Å². The summed E-state index contributed by atoms with van der Waals surface area (Å²) in [5.41, 5.74) is 0.278. The van der Waals surface area contributed by atoms with Crippen molar-refractivity contribution in [3.63, 3.8) is 0 Å². The summed E-state index contributed by atoms with van der Waals surface area (Å²) in [4.78, 5) is 18.0. The lowest BCUT2D eigenvalue weighted by Crippen LogP contribution is -2.36. The molecule has 0 radical (unpaired) electrons. The number of aromatic amines is 1. The molecular weight excluding hydrogens is 270 g/mol. The first-order chi connectivity index (χ1) is 7.67. The molecule has 0 atom stereocenters. The van der Waals surface area contributed by atoms with Crippen LogP contribution in [0.2, 0.25) is 0 Å². The predicted molar refractivity (Wildman–Crippen MR) is 67.6 cm³/mol. The zero-order valence-corrected chi connectivity index (χ0v) is 10.9. The van der Waals surface area contributed by atoms with Crippen molar-refractivity contribution in [2.45, 2.75) is 32.6 Å². The van der Waals surface area contributed by atoms with E-state index in [9.17, 15) is 4.79 Å². The number of anilines is 1. The van der Waals surface area contributed by atoms with Crippen LogP contribution in [0.25, 0.3) is 0 Å². The number of hydrogen-bond acceptors (Lipinski definition) is 3. The lowest BCUT2D eigenvalue weighted by Gasteiger charge is -2.41. The summed E-state index contributed by atoms with van der Waals surface area (Å²) in [6.07, 6.45) is 6.48. The lowest BCUT2D eigenvalue weighted by molar-refractivity contribution is 0.145. The molecule has 1 aromatic rings. The van der Waals surface area contributed by atoms with Gasteiger partial charge in [-0.1, -0.05) is 13.3 Å². The maximum Gasteiger partial charge on any atom is 0.267 e. The highest BCUT2D eigenvalue weighted by Gasteiger charge is 2.34. The van der Waals surface area contributed by atoms with Crippen molar-refractivity contribution in [1.82, 2.24) is 9.97 Å². The quantitative estimate of drug-likeness (QED) is 0.894. The van der Waals surface area contributed by atoms with Crippen LogP contribution >= 0.6 is 15.9 Å². The van der Waals surface area contributed by atoms with Crippen LogP contribution in [-0.4, -0.2) is 16.5 Å². The Bertz CT molecular complexity index is 420. The van der Waals surface area contributed by atoms with Gasteiger partial charge in [0.25, 0.3) is 5.56 Å². The van der Waals surface area contributed by atoms with Gasteiger partial charge in [0.1, 0.15) is 10.3 Å². The molecule has 1 aliphatic carbocycles. The third kappa shape index (κ3) is 2.14. The monoisotopic (exact) mass is 285 g/mol. The van der Waals surface area contributed by atoms with Crippen molar-refractivity contribution in [3.8, 4) is 0 Å². The van der Waals surface area contributed by atoms with E-state index in [0.717, 1.165) is 6.54 Å². The van der Waals surface area contributed by atoms with E-state index >= 15 is 0 Å². The molecule has 1 saturated carbocycles. The highest BCUT2D eigenvalue weighted by atomic mass is 79.9. The Morgan fingerprint density at radius 1 is 1.62 bits per heavy atom. The van der Waals surface area contributed by atoms with Gasteiger partial charge in [0, 0.05) is 6.54 Å². The third-order valence-corrected chi connectivity index (χ3v) is 4.33. The fourth-order valence-corrected chi connectivity index (χ4v) is 2.47. The molecule has 0 bridgehead atoms. The van der Waals surface area contributed by atoms with Crippen LogP contribution in [0.1, 0.15) is 32.6 Å². The fraction of sp³-hybridized carbons (Fsp3) is 0.636. The van der Waals surface area contributed by atoms with E-state index < -0.39 is 0 Å². The molecule has 1 fully saturated rings. The second-order valence-corrected chi connectivity index (χ2v) is 5.25. The summed E-state index contributed by atoms with van der Waals surface area (Å²) in [7, 11) is 0. The number of aromatic nitrogens is 2. The molecule has 1 aromatic heterocycles. The van der Waals surface area contributed by atoms with Crippen LogP contribution in [0.15, 0.2) is 15.6 Å². The zero-order chi connectivity index (χ0) is 11.6. The number of H-pyrrole nitrogens is 1. The fourth-order valence-electron chi connectivity index (χ4n) is 2.11. The van der Waals surface area contributed by atoms with Crippen LogP contribution in [0.4, 0.5) is 5.82 Å². The Balaban J connectivity index is 2.04. The number of halogens is 1. The summed E-state index contributed by atoms with van der Waals surface area (Å²) in [6, 6.07) is 0. The van der Waals surface area contributed by atoms with Gasteiger partial charge in [0.2, 0.25) is 0 Å². The zero-order valence-electron chi connectivity index (χ0n) is 9.35. The van der Waals surface area contributed by atoms with Gasteiger partial charge in [-0.2, -0.15) is 0 Å². The topological polar surface area (TPSA) is 57.8 Å². The van der Waals surface area contributed by atoms with Crippen LogP contribution in [0.5, 0.6) is 0 Å². The highest BCUT2D eigenvalue weighted by molar-refractivity contribution is 9.10. The van der Waals surface area contributed by atoms with Gasteiger partial charge < -0.3 is 10.3 Å². The standard InChI is InChI=1S/C11H16BrN3O/c1-2-11(4-3-5-11)6-13-9-8(12)10(16)15-7-14-9/h7H,2-6H2,1H3,(H2,13,14,15,16). The average Bonchev–Trinajstić information content (AvgIpc) is 2.23. The van der Waals surface area contributed by atoms with Crippen molar-refractivity contribution in [3.05, 3.63) is 21.2 Å². The van der Waals surface area contributed by atoms with Gasteiger partial charge >= 0.3 is 0 Å². The molecule has 1 heterocycles. The van der Waals surface area contributed by atoms with Crippen LogP contribution in [-0.2, 0) is 0 Å². The van der Waals surface area contributed by atoms with Crippen LogP contribution in [0, 0.1) is 5.41 Å². The Morgan fingerprint density at radius 2 is 2.38 bits per heavy atom. The minimum atomic E-state index is -0.142. The van der Waals surface area contributed by atoms with Gasteiger partial charge in [-0.05, 0) is 40.6 Å². The molecule has 0 saturated heterocycles. The molecule has 16 heavy (non-hydrogen) atoms. The van der Waals surface area contributed by atoms with Gasteiger partial charge in [-0.3, -0.25) is 4.79 Å². The van der Waals surface area contributed by atoms with Crippen LogP contribution in [0.3, 0.4) is 0 Å². The summed E-state index contributed by atoms with van der Waals surface area (Å²) in [5.74, 6) is 0.642. The Morgan fingerprint density at radius 3 is 2.94 bits per heavy atom. The van der Waals surface area contributed by atoms with E-state index in [0.29, 0.717) is 15.7 Å². The molecule has 0 amide bonds. The summed E-state index contributed by atoms with van der Waals surface area (Å²) in [5, 5.41) is 3.27. The largest absolute Gasteiger partial charge is 0.368 e. The van der Waals surface area contributed by atoms with Crippen molar-refractivity contribution >= 4 is 21.7 Å². The van der Waals surface area contributed by atoms with E-state index in [-0.39, 0.29) is 5.56 Å². The molecule has 4 nitrogen and oxygen atoms in total.